The second kappa shape index (κ2) is 5.91. The largest absolute Gasteiger partial charge is 0.357 e. The Morgan fingerprint density at radius 3 is 2.85 bits per heavy atom. The van der Waals surface area contributed by atoms with Gasteiger partial charge in [-0.15, -0.1) is 0 Å². The molecule has 0 bridgehead atoms. The van der Waals surface area contributed by atoms with E-state index in [0.29, 0.717) is 6.54 Å². The Balaban J connectivity index is 1.98. The van der Waals surface area contributed by atoms with Crippen molar-refractivity contribution in [3.63, 3.8) is 0 Å². The third kappa shape index (κ3) is 3.27. The van der Waals surface area contributed by atoms with Crippen LogP contribution in [0.4, 0.5) is 5.82 Å². The second-order valence-electron chi connectivity index (χ2n) is 5.64. The molecule has 106 valence electrons. The van der Waals surface area contributed by atoms with Crippen LogP contribution in [0.25, 0.3) is 0 Å². The van der Waals surface area contributed by atoms with Crippen LogP contribution in [0.5, 0.6) is 0 Å². The van der Waals surface area contributed by atoms with Crippen molar-refractivity contribution in [2.45, 2.75) is 33.2 Å². The molecule has 5 nitrogen and oxygen atoms in total. The second-order valence-corrected chi connectivity index (χ2v) is 5.64. The number of carbonyl (C=O) groups excluding carboxylic acids is 1. The number of nitrogens with one attached hydrogen (secondary N) is 1. The van der Waals surface area contributed by atoms with Gasteiger partial charge in [0.2, 0.25) is 5.91 Å². The molecular formula is C15H20N4O. The van der Waals surface area contributed by atoms with Crippen molar-refractivity contribution in [3.8, 4) is 6.07 Å². The van der Waals surface area contributed by atoms with Crippen molar-refractivity contribution in [1.82, 2.24) is 10.3 Å². The molecule has 2 heterocycles. The van der Waals surface area contributed by atoms with E-state index in [9.17, 15) is 4.79 Å². The summed E-state index contributed by atoms with van der Waals surface area (Å²) in [4.78, 5) is 18.5. The summed E-state index contributed by atoms with van der Waals surface area (Å²) in [6.07, 6.45) is 4.18. The van der Waals surface area contributed by atoms with Crippen LogP contribution in [0.2, 0.25) is 0 Å². The molecule has 0 aromatic carbocycles. The summed E-state index contributed by atoms with van der Waals surface area (Å²) < 4.78 is 0. The molecule has 0 radical (unpaired) electrons. The van der Waals surface area contributed by atoms with Crippen molar-refractivity contribution >= 4 is 11.7 Å². The molecule has 1 aliphatic heterocycles. The standard InChI is InChI=1S/C15H20N4O/c1-15(2,11-16)14(20)18-10-12-5-6-17-13(9-12)19-7-3-4-8-19/h5-6,9H,3-4,7-8,10H2,1-2H3,(H,18,20). The van der Waals surface area contributed by atoms with E-state index in [-0.39, 0.29) is 5.91 Å². The molecule has 1 aliphatic rings. The minimum Gasteiger partial charge on any atom is -0.357 e. The lowest BCUT2D eigenvalue weighted by Crippen LogP contribution is -2.35. The van der Waals surface area contributed by atoms with Gasteiger partial charge in [-0.05, 0) is 44.4 Å². The van der Waals surface area contributed by atoms with E-state index in [0.717, 1.165) is 24.5 Å². The molecule has 1 aromatic rings. The van der Waals surface area contributed by atoms with Crippen LogP contribution in [0.15, 0.2) is 18.3 Å². The van der Waals surface area contributed by atoms with E-state index in [1.54, 1.807) is 20.0 Å². The van der Waals surface area contributed by atoms with Gasteiger partial charge in [0.15, 0.2) is 0 Å². The summed E-state index contributed by atoms with van der Waals surface area (Å²) in [7, 11) is 0. The molecular weight excluding hydrogens is 252 g/mol. The number of hydrogen-bond donors (Lipinski definition) is 1. The fraction of sp³-hybridized carbons (Fsp3) is 0.533. The third-order valence-corrected chi connectivity index (χ3v) is 3.54. The van der Waals surface area contributed by atoms with Gasteiger partial charge in [-0.1, -0.05) is 0 Å². The normalized spacial score (nSPS) is 14.9. The number of carbonyl (C=O) groups is 1. The van der Waals surface area contributed by atoms with E-state index in [1.165, 1.54) is 12.8 Å². The Hall–Kier alpha value is -2.09. The van der Waals surface area contributed by atoms with Crippen LogP contribution < -0.4 is 10.2 Å². The topological polar surface area (TPSA) is 69.0 Å². The molecule has 0 saturated carbocycles. The fourth-order valence-corrected chi connectivity index (χ4v) is 2.14. The number of aromatic nitrogens is 1. The summed E-state index contributed by atoms with van der Waals surface area (Å²) in [6.45, 7) is 5.75. The average molecular weight is 272 g/mol. The van der Waals surface area contributed by atoms with Gasteiger partial charge in [0, 0.05) is 25.8 Å². The van der Waals surface area contributed by atoms with Crippen molar-refractivity contribution < 1.29 is 4.79 Å². The molecule has 0 aliphatic carbocycles. The highest BCUT2D eigenvalue weighted by molar-refractivity contribution is 5.84. The Bertz CT molecular complexity index is 527. The van der Waals surface area contributed by atoms with Crippen LogP contribution in [0.3, 0.4) is 0 Å². The highest BCUT2D eigenvalue weighted by atomic mass is 16.2. The minimum atomic E-state index is -0.995. The molecule has 1 N–H and O–H groups in total. The predicted molar refractivity (Wildman–Crippen MR) is 76.9 cm³/mol. The zero-order chi connectivity index (χ0) is 14.6. The van der Waals surface area contributed by atoms with Gasteiger partial charge in [-0.3, -0.25) is 4.79 Å². The summed E-state index contributed by atoms with van der Waals surface area (Å²) in [5, 5.41) is 11.7. The molecule has 1 fully saturated rings. The molecule has 5 heteroatoms. The van der Waals surface area contributed by atoms with Gasteiger partial charge < -0.3 is 10.2 Å². The van der Waals surface area contributed by atoms with Crippen molar-refractivity contribution in [2.24, 2.45) is 5.41 Å². The van der Waals surface area contributed by atoms with Gasteiger partial charge in [-0.2, -0.15) is 5.26 Å². The molecule has 0 unspecified atom stereocenters. The molecule has 1 saturated heterocycles. The molecule has 0 spiro atoms. The molecule has 20 heavy (non-hydrogen) atoms. The highest BCUT2D eigenvalue weighted by Crippen LogP contribution is 2.19. The van der Waals surface area contributed by atoms with Gasteiger partial charge in [0.1, 0.15) is 11.2 Å². The van der Waals surface area contributed by atoms with E-state index in [2.05, 4.69) is 15.2 Å². The summed E-state index contributed by atoms with van der Waals surface area (Å²) >= 11 is 0. The minimum absolute atomic E-state index is 0.250. The Morgan fingerprint density at radius 1 is 1.50 bits per heavy atom. The van der Waals surface area contributed by atoms with E-state index >= 15 is 0 Å². The van der Waals surface area contributed by atoms with Crippen LogP contribution in [0.1, 0.15) is 32.3 Å². The predicted octanol–water partition coefficient (Wildman–Crippen LogP) is 1.85. The van der Waals surface area contributed by atoms with Gasteiger partial charge in [0.05, 0.1) is 6.07 Å². The van der Waals surface area contributed by atoms with Gasteiger partial charge in [-0.25, -0.2) is 4.98 Å². The maximum absolute atomic E-state index is 11.9. The molecule has 2 rings (SSSR count). The van der Waals surface area contributed by atoms with E-state index in [4.69, 9.17) is 5.26 Å². The van der Waals surface area contributed by atoms with E-state index in [1.807, 2.05) is 18.2 Å². The number of hydrogen-bond acceptors (Lipinski definition) is 4. The summed E-state index contributed by atoms with van der Waals surface area (Å²) in [5.74, 6) is 0.716. The lowest BCUT2D eigenvalue weighted by Gasteiger charge is -2.18. The molecule has 1 aromatic heterocycles. The lowest BCUT2D eigenvalue weighted by molar-refractivity contribution is -0.126. The SMILES string of the molecule is CC(C)(C#N)C(=O)NCc1ccnc(N2CCCC2)c1. The maximum atomic E-state index is 11.9. The first kappa shape index (κ1) is 14.3. The number of amides is 1. The van der Waals surface area contributed by atoms with E-state index < -0.39 is 5.41 Å². The highest BCUT2D eigenvalue weighted by Gasteiger charge is 2.26. The monoisotopic (exact) mass is 272 g/mol. The van der Waals surface area contributed by atoms with Gasteiger partial charge in [0.25, 0.3) is 0 Å². The quantitative estimate of drug-likeness (QED) is 0.908. The summed E-state index contributed by atoms with van der Waals surface area (Å²) in [5.41, 5.74) is 0.00847. The number of nitriles is 1. The van der Waals surface area contributed by atoms with Crippen molar-refractivity contribution in [2.75, 3.05) is 18.0 Å². The molecule has 0 atom stereocenters. The Kier molecular flexibility index (Phi) is 4.23. The first-order chi connectivity index (χ1) is 9.53. The zero-order valence-electron chi connectivity index (χ0n) is 12.0. The fourth-order valence-electron chi connectivity index (χ4n) is 2.14. The van der Waals surface area contributed by atoms with Crippen molar-refractivity contribution in [3.05, 3.63) is 23.9 Å². The van der Waals surface area contributed by atoms with Gasteiger partial charge >= 0.3 is 0 Å². The first-order valence-electron chi connectivity index (χ1n) is 6.92. The van der Waals surface area contributed by atoms with Crippen LogP contribution in [-0.2, 0) is 11.3 Å². The molecule has 1 amide bonds. The lowest BCUT2D eigenvalue weighted by atomic mass is 9.95. The number of nitrogens with zero attached hydrogens (tertiary/aromatic N) is 3. The first-order valence-corrected chi connectivity index (χ1v) is 6.92. The third-order valence-electron chi connectivity index (χ3n) is 3.54. The smallest absolute Gasteiger partial charge is 0.240 e. The Morgan fingerprint density at radius 2 is 2.20 bits per heavy atom. The number of rotatable bonds is 4. The van der Waals surface area contributed by atoms with Crippen LogP contribution in [0, 0.1) is 16.7 Å². The Labute approximate surface area is 119 Å². The summed E-state index contributed by atoms with van der Waals surface area (Å²) in [6, 6.07) is 5.89. The average Bonchev–Trinajstić information content (AvgIpc) is 2.99. The number of anilines is 1. The van der Waals surface area contributed by atoms with Crippen LogP contribution >= 0.6 is 0 Å². The maximum Gasteiger partial charge on any atom is 0.240 e. The van der Waals surface area contributed by atoms with Crippen LogP contribution in [-0.4, -0.2) is 24.0 Å². The number of pyridine rings is 1. The van der Waals surface area contributed by atoms with Crippen molar-refractivity contribution in [1.29, 1.82) is 5.26 Å². The zero-order valence-corrected chi connectivity index (χ0v) is 12.0.